The Morgan fingerprint density at radius 1 is 1.14 bits per heavy atom. The Labute approximate surface area is 127 Å². The summed E-state index contributed by atoms with van der Waals surface area (Å²) in [5.41, 5.74) is 1.30. The monoisotopic (exact) mass is 297 g/mol. The van der Waals surface area contributed by atoms with Gasteiger partial charge in [-0.05, 0) is 17.7 Å². The number of carboxylic acid groups (broad SMARTS) is 1. The second-order valence-electron chi connectivity index (χ2n) is 5.09. The molecule has 1 N–H and O–H groups in total. The van der Waals surface area contributed by atoms with Gasteiger partial charge >= 0.3 is 5.97 Å². The summed E-state index contributed by atoms with van der Waals surface area (Å²) < 4.78 is 5.97. The maximum Gasteiger partial charge on any atom is 0.323 e. The highest BCUT2D eigenvalue weighted by Gasteiger charge is 2.30. The van der Waals surface area contributed by atoms with E-state index in [0.29, 0.717) is 11.3 Å². The van der Waals surface area contributed by atoms with Crippen LogP contribution >= 0.6 is 0 Å². The largest absolute Gasteiger partial charge is 0.483 e. The third kappa shape index (κ3) is 2.79. The summed E-state index contributed by atoms with van der Waals surface area (Å²) in [6, 6.07) is 16.4. The second kappa shape index (κ2) is 5.89. The van der Waals surface area contributed by atoms with E-state index in [-0.39, 0.29) is 19.0 Å². The van der Waals surface area contributed by atoms with Crippen molar-refractivity contribution < 1.29 is 19.4 Å². The van der Waals surface area contributed by atoms with Crippen molar-refractivity contribution in [3.63, 3.8) is 0 Å². The molecule has 5 nitrogen and oxygen atoms in total. The third-order valence-electron chi connectivity index (χ3n) is 3.56. The number of nitrogens with zero attached hydrogens (tertiary/aromatic N) is 1. The van der Waals surface area contributed by atoms with Crippen LogP contribution in [0.3, 0.4) is 0 Å². The van der Waals surface area contributed by atoms with Crippen molar-refractivity contribution in [1.29, 1.82) is 0 Å². The van der Waals surface area contributed by atoms with E-state index >= 15 is 0 Å². The number of para-hydroxylation sites is 1. The Kier molecular flexibility index (Phi) is 3.78. The van der Waals surface area contributed by atoms with E-state index in [1.165, 1.54) is 4.90 Å². The van der Waals surface area contributed by atoms with Gasteiger partial charge in [0.05, 0.1) is 12.1 Å². The summed E-state index contributed by atoms with van der Waals surface area (Å²) in [6.45, 7) is -0.149. The molecule has 0 saturated carbocycles. The van der Waals surface area contributed by atoms with E-state index in [4.69, 9.17) is 9.84 Å². The predicted octanol–water partition coefficient (Wildman–Crippen LogP) is 2.35. The van der Waals surface area contributed by atoms with Crippen molar-refractivity contribution in [2.45, 2.75) is 6.10 Å². The number of amides is 1. The van der Waals surface area contributed by atoms with Crippen molar-refractivity contribution in [3.05, 3.63) is 65.7 Å². The van der Waals surface area contributed by atoms with E-state index in [1.807, 2.05) is 30.3 Å². The molecule has 0 unspecified atom stereocenters. The Hall–Kier alpha value is -2.82. The van der Waals surface area contributed by atoms with Crippen LogP contribution in [0.4, 0.5) is 0 Å². The molecule has 1 atom stereocenters. The zero-order valence-corrected chi connectivity index (χ0v) is 11.8. The lowest BCUT2D eigenvalue weighted by molar-refractivity contribution is -0.137. The van der Waals surface area contributed by atoms with Gasteiger partial charge in [-0.1, -0.05) is 42.5 Å². The van der Waals surface area contributed by atoms with Crippen LogP contribution < -0.4 is 4.74 Å². The van der Waals surface area contributed by atoms with E-state index < -0.39 is 12.1 Å². The Morgan fingerprint density at radius 3 is 2.55 bits per heavy atom. The summed E-state index contributed by atoms with van der Waals surface area (Å²) in [5.74, 6) is -0.884. The highest BCUT2D eigenvalue weighted by molar-refractivity contribution is 5.98. The molecule has 0 fully saturated rings. The Bertz CT molecular complexity index is 699. The molecular weight excluding hydrogens is 282 g/mol. The first-order valence-electron chi connectivity index (χ1n) is 6.97. The molecule has 1 heterocycles. The van der Waals surface area contributed by atoms with Gasteiger partial charge in [0.2, 0.25) is 0 Å². The molecule has 0 radical (unpaired) electrons. The van der Waals surface area contributed by atoms with Gasteiger partial charge in [0.15, 0.2) is 0 Å². The average Bonchev–Trinajstić information content (AvgIpc) is 2.66. The van der Waals surface area contributed by atoms with Gasteiger partial charge in [0, 0.05) is 0 Å². The number of hydrogen-bond donors (Lipinski definition) is 1. The lowest BCUT2D eigenvalue weighted by Gasteiger charge is -2.23. The minimum Gasteiger partial charge on any atom is -0.483 e. The first-order valence-corrected chi connectivity index (χ1v) is 6.97. The standard InChI is InChI=1S/C17H15NO4/c19-16(20)11-18-10-15(12-6-2-1-3-7-12)22-14-9-5-4-8-13(14)17(18)21/h1-9,15H,10-11H2,(H,19,20)/t15-/m0/s1. The molecule has 0 saturated heterocycles. The van der Waals surface area contributed by atoms with Crippen LogP contribution in [-0.2, 0) is 4.79 Å². The fourth-order valence-electron chi connectivity index (χ4n) is 2.53. The number of ether oxygens (including phenoxy) is 1. The Balaban J connectivity index is 2.01. The fourth-order valence-corrected chi connectivity index (χ4v) is 2.53. The van der Waals surface area contributed by atoms with Crippen LogP contribution in [0.15, 0.2) is 54.6 Å². The zero-order valence-electron chi connectivity index (χ0n) is 11.8. The van der Waals surface area contributed by atoms with Gasteiger partial charge in [-0.2, -0.15) is 0 Å². The van der Waals surface area contributed by atoms with Crippen molar-refractivity contribution in [1.82, 2.24) is 4.90 Å². The number of fused-ring (bicyclic) bond motifs is 1. The lowest BCUT2D eigenvalue weighted by atomic mass is 10.1. The van der Waals surface area contributed by atoms with Crippen LogP contribution in [-0.4, -0.2) is 35.0 Å². The zero-order chi connectivity index (χ0) is 15.5. The number of rotatable bonds is 3. The third-order valence-corrected chi connectivity index (χ3v) is 3.56. The Morgan fingerprint density at radius 2 is 1.82 bits per heavy atom. The molecule has 1 aliphatic rings. The molecule has 22 heavy (non-hydrogen) atoms. The molecule has 0 bridgehead atoms. The molecule has 1 aliphatic heterocycles. The van der Waals surface area contributed by atoms with Gasteiger partial charge in [0.1, 0.15) is 18.4 Å². The summed E-state index contributed by atoms with van der Waals surface area (Å²) in [4.78, 5) is 24.9. The summed E-state index contributed by atoms with van der Waals surface area (Å²) in [5, 5.41) is 9.05. The highest BCUT2D eigenvalue weighted by atomic mass is 16.5. The van der Waals surface area contributed by atoms with Crippen molar-refractivity contribution in [3.8, 4) is 5.75 Å². The fraction of sp³-hybridized carbons (Fsp3) is 0.176. The summed E-state index contributed by atoms with van der Waals surface area (Å²) in [7, 11) is 0. The molecule has 3 rings (SSSR count). The minimum atomic E-state index is -1.04. The molecule has 2 aromatic carbocycles. The highest BCUT2D eigenvalue weighted by Crippen LogP contribution is 2.30. The molecule has 112 valence electrons. The van der Waals surface area contributed by atoms with Crippen LogP contribution in [0.2, 0.25) is 0 Å². The number of carbonyl (C=O) groups excluding carboxylic acids is 1. The first kappa shape index (κ1) is 14.1. The van der Waals surface area contributed by atoms with Gasteiger partial charge in [-0.3, -0.25) is 9.59 Å². The SMILES string of the molecule is O=C(O)CN1C[C@@H](c2ccccc2)Oc2ccccc2C1=O. The maximum absolute atomic E-state index is 12.5. The van der Waals surface area contributed by atoms with Crippen molar-refractivity contribution >= 4 is 11.9 Å². The molecule has 0 spiro atoms. The van der Waals surface area contributed by atoms with Crippen LogP contribution in [0.1, 0.15) is 22.0 Å². The second-order valence-corrected chi connectivity index (χ2v) is 5.09. The molecule has 0 aromatic heterocycles. The first-order chi connectivity index (χ1) is 10.6. The van der Waals surface area contributed by atoms with Crippen molar-refractivity contribution in [2.24, 2.45) is 0 Å². The summed E-state index contributed by atoms with van der Waals surface area (Å²) in [6.07, 6.45) is -0.395. The normalized spacial score (nSPS) is 17.4. The van der Waals surface area contributed by atoms with Crippen LogP contribution in [0, 0.1) is 0 Å². The number of carboxylic acids is 1. The van der Waals surface area contributed by atoms with Gasteiger partial charge in [-0.25, -0.2) is 0 Å². The number of hydrogen-bond acceptors (Lipinski definition) is 3. The quantitative estimate of drug-likeness (QED) is 0.944. The molecular formula is C17H15NO4. The number of aliphatic carboxylic acids is 1. The topological polar surface area (TPSA) is 66.8 Å². The smallest absolute Gasteiger partial charge is 0.323 e. The van der Waals surface area contributed by atoms with E-state index in [1.54, 1.807) is 24.3 Å². The van der Waals surface area contributed by atoms with E-state index in [9.17, 15) is 9.59 Å². The van der Waals surface area contributed by atoms with Crippen LogP contribution in [0.5, 0.6) is 5.75 Å². The maximum atomic E-state index is 12.5. The lowest BCUT2D eigenvalue weighted by Crippen LogP contribution is -2.37. The predicted molar refractivity (Wildman–Crippen MR) is 79.8 cm³/mol. The molecule has 0 aliphatic carbocycles. The average molecular weight is 297 g/mol. The van der Waals surface area contributed by atoms with Crippen LogP contribution in [0.25, 0.3) is 0 Å². The van der Waals surface area contributed by atoms with E-state index in [2.05, 4.69) is 0 Å². The van der Waals surface area contributed by atoms with Gasteiger partial charge < -0.3 is 14.7 Å². The molecule has 2 aromatic rings. The van der Waals surface area contributed by atoms with Gasteiger partial charge in [-0.15, -0.1) is 0 Å². The summed E-state index contributed by atoms with van der Waals surface area (Å²) >= 11 is 0. The van der Waals surface area contributed by atoms with E-state index in [0.717, 1.165) is 5.56 Å². The number of benzene rings is 2. The number of carbonyl (C=O) groups is 2. The van der Waals surface area contributed by atoms with Crippen molar-refractivity contribution in [2.75, 3.05) is 13.1 Å². The molecule has 5 heteroatoms. The van der Waals surface area contributed by atoms with Gasteiger partial charge in [0.25, 0.3) is 5.91 Å². The minimum absolute atomic E-state index is 0.198. The molecule has 1 amide bonds.